The molecule has 1 aliphatic heterocycles. The lowest BCUT2D eigenvalue weighted by Gasteiger charge is -2.18. The number of nitrogens with zero attached hydrogens (tertiary/aromatic N) is 1. The number of hydrogen-bond donors (Lipinski definition) is 1. The molecule has 0 bridgehead atoms. The largest absolute Gasteiger partial charge is 0.497 e. The van der Waals surface area contributed by atoms with Crippen molar-refractivity contribution in [1.29, 1.82) is 0 Å². The molecule has 25 heavy (non-hydrogen) atoms. The van der Waals surface area contributed by atoms with Crippen LogP contribution in [0, 0.1) is 6.92 Å². The van der Waals surface area contributed by atoms with E-state index < -0.39 is 0 Å². The van der Waals surface area contributed by atoms with Gasteiger partial charge in [-0.1, -0.05) is 35.9 Å². The second-order valence-corrected chi connectivity index (χ2v) is 6.34. The minimum absolute atomic E-state index is 0.00843. The second-order valence-electron chi connectivity index (χ2n) is 6.34. The summed E-state index contributed by atoms with van der Waals surface area (Å²) in [5, 5.41) is 2.97. The first kappa shape index (κ1) is 17.0. The Hall–Kier alpha value is -2.82. The van der Waals surface area contributed by atoms with E-state index in [-0.39, 0.29) is 17.9 Å². The van der Waals surface area contributed by atoms with Gasteiger partial charge in [-0.25, -0.2) is 0 Å². The highest BCUT2D eigenvalue weighted by Gasteiger charge is 2.31. The van der Waals surface area contributed by atoms with Crippen LogP contribution in [-0.4, -0.2) is 31.5 Å². The first-order valence-corrected chi connectivity index (χ1v) is 8.34. The van der Waals surface area contributed by atoms with E-state index >= 15 is 0 Å². The van der Waals surface area contributed by atoms with Gasteiger partial charge in [0.05, 0.1) is 19.6 Å². The third kappa shape index (κ3) is 4.18. The van der Waals surface area contributed by atoms with Gasteiger partial charge in [-0.2, -0.15) is 0 Å². The van der Waals surface area contributed by atoms with Gasteiger partial charge in [-0.3, -0.25) is 9.59 Å². The third-order valence-corrected chi connectivity index (χ3v) is 4.30. The molecule has 3 rings (SSSR count). The van der Waals surface area contributed by atoms with Crippen LogP contribution in [0.1, 0.15) is 17.5 Å². The highest BCUT2D eigenvalue weighted by Crippen LogP contribution is 2.25. The van der Waals surface area contributed by atoms with Gasteiger partial charge >= 0.3 is 0 Å². The quantitative estimate of drug-likeness (QED) is 0.911. The van der Waals surface area contributed by atoms with Gasteiger partial charge in [0.25, 0.3) is 0 Å². The highest BCUT2D eigenvalue weighted by molar-refractivity contribution is 5.97. The van der Waals surface area contributed by atoms with Crippen LogP contribution in [0.25, 0.3) is 0 Å². The smallest absolute Gasteiger partial charge is 0.229 e. The molecule has 2 amide bonds. The maximum atomic E-state index is 12.3. The molecule has 1 saturated heterocycles. The van der Waals surface area contributed by atoms with Gasteiger partial charge in [-0.05, 0) is 24.6 Å². The van der Waals surface area contributed by atoms with E-state index in [4.69, 9.17) is 4.74 Å². The summed E-state index contributed by atoms with van der Waals surface area (Å²) in [6.45, 7) is 2.48. The molecule has 1 heterocycles. The summed E-state index contributed by atoms with van der Waals surface area (Å²) >= 11 is 0. The Kier molecular flexibility index (Phi) is 5.03. The normalized spacial score (nSPS) is 16.8. The van der Waals surface area contributed by atoms with Crippen LogP contribution in [-0.2, 0) is 16.0 Å². The summed E-state index contributed by atoms with van der Waals surface area (Å²) in [6.07, 6.45) is 0.641. The molecular weight excluding hydrogens is 316 g/mol. The molecule has 1 N–H and O–H groups in total. The van der Waals surface area contributed by atoms with Crippen LogP contribution >= 0.6 is 0 Å². The number of amides is 2. The summed E-state index contributed by atoms with van der Waals surface area (Å²) in [6, 6.07) is 15.1. The molecule has 0 aromatic heterocycles. The van der Waals surface area contributed by atoms with E-state index in [1.54, 1.807) is 12.0 Å². The Labute approximate surface area is 147 Å². The zero-order valence-electron chi connectivity index (χ0n) is 14.5. The number of carbonyl (C=O) groups is 2. The predicted octanol–water partition coefficient (Wildman–Crippen LogP) is 2.47. The van der Waals surface area contributed by atoms with Crippen molar-refractivity contribution in [2.75, 3.05) is 18.6 Å². The molecule has 130 valence electrons. The van der Waals surface area contributed by atoms with Gasteiger partial charge in [0.15, 0.2) is 0 Å². The average molecular weight is 338 g/mol. The number of anilines is 1. The fraction of sp³-hybridized carbons (Fsp3) is 0.300. The molecule has 5 nitrogen and oxygen atoms in total. The van der Waals surface area contributed by atoms with Gasteiger partial charge in [0.1, 0.15) is 5.75 Å². The van der Waals surface area contributed by atoms with Gasteiger partial charge < -0.3 is 15.0 Å². The van der Waals surface area contributed by atoms with E-state index in [0.29, 0.717) is 25.1 Å². The van der Waals surface area contributed by atoms with Gasteiger partial charge in [-0.15, -0.1) is 0 Å². The molecule has 1 atom stereocenters. The minimum atomic E-state index is -0.170. The van der Waals surface area contributed by atoms with E-state index in [1.165, 1.54) is 0 Å². The summed E-state index contributed by atoms with van der Waals surface area (Å²) in [5.74, 6) is 0.655. The summed E-state index contributed by atoms with van der Waals surface area (Å²) < 4.78 is 5.21. The van der Waals surface area contributed by atoms with E-state index in [2.05, 4.69) is 5.32 Å². The first-order valence-electron chi connectivity index (χ1n) is 8.34. The molecule has 1 fully saturated rings. The average Bonchev–Trinajstić information content (AvgIpc) is 2.95. The molecule has 1 aliphatic rings. The lowest BCUT2D eigenvalue weighted by Crippen LogP contribution is -2.38. The van der Waals surface area contributed by atoms with Crippen LogP contribution in [0.2, 0.25) is 0 Å². The summed E-state index contributed by atoms with van der Waals surface area (Å²) in [7, 11) is 1.60. The van der Waals surface area contributed by atoms with Crippen LogP contribution in [0.5, 0.6) is 5.75 Å². The van der Waals surface area contributed by atoms with Crippen molar-refractivity contribution >= 4 is 17.5 Å². The SMILES string of the molecule is COc1cccc(N2CC(NC(=O)Cc3cccc(C)c3)CC2=O)c1. The van der Waals surface area contributed by atoms with Crippen molar-refractivity contribution in [2.45, 2.75) is 25.8 Å². The van der Waals surface area contributed by atoms with E-state index in [0.717, 1.165) is 16.8 Å². The van der Waals surface area contributed by atoms with Crippen LogP contribution in [0.15, 0.2) is 48.5 Å². The maximum Gasteiger partial charge on any atom is 0.229 e. The van der Waals surface area contributed by atoms with Gasteiger partial charge in [0.2, 0.25) is 11.8 Å². The third-order valence-electron chi connectivity index (χ3n) is 4.30. The monoisotopic (exact) mass is 338 g/mol. The number of methoxy groups -OCH3 is 1. The zero-order chi connectivity index (χ0) is 17.8. The standard InChI is InChI=1S/C20H22N2O3/c1-14-5-3-6-15(9-14)10-19(23)21-16-11-20(24)22(13-16)17-7-4-8-18(12-17)25-2/h3-9,12,16H,10-11,13H2,1-2H3,(H,21,23). The van der Waals surface area contributed by atoms with E-state index in [9.17, 15) is 9.59 Å². The van der Waals surface area contributed by atoms with Crippen LogP contribution in [0.3, 0.4) is 0 Å². The van der Waals surface area contributed by atoms with E-state index in [1.807, 2.05) is 55.5 Å². The van der Waals surface area contributed by atoms with Crippen LogP contribution in [0.4, 0.5) is 5.69 Å². The molecule has 0 radical (unpaired) electrons. The molecule has 2 aromatic rings. The number of ether oxygens (including phenoxy) is 1. The molecule has 0 spiro atoms. The number of nitrogens with one attached hydrogen (secondary N) is 1. The minimum Gasteiger partial charge on any atom is -0.497 e. The molecule has 5 heteroatoms. The molecule has 0 aliphatic carbocycles. The summed E-state index contributed by atoms with van der Waals surface area (Å²) in [4.78, 5) is 26.3. The van der Waals surface area contributed by atoms with Crippen molar-refractivity contribution in [3.8, 4) is 5.75 Å². The van der Waals surface area contributed by atoms with Crippen molar-refractivity contribution in [3.05, 3.63) is 59.7 Å². The Morgan fingerprint density at radius 2 is 2.04 bits per heavy atom. The Morgan fingerprint density at radius 3 is 2.80 bits per heavy atom. The molecule has 2 aromatic carbocycles. The lowest BCUT2D eigenvalue weighted by atomic mass is 10.1. The second kappa shape index (κ2) is 7.38. The topological polar surface area (TPSA) is 58.6 Å². The Morgan fingerprint density at radius 1 is 1.24 bits per heavy atom. The van der Waals surface area contributed by atoms with Gasteiger partial charge in [0, 0.05) is 24.7 Å². The van der Waals surface area contributed by atoms with Crippen molar-refractivity contribution in [1.82, 2.24) is 5.32 Å². The maximum absolute atomic E-state index is 12.3. The van der Waals surface area contributed by atoms with Crippen LogP contribution < -0.4 is 15.0 Å². The molecule has 0 saturated carbocycles. The number of aryl methyl sites for hydroxylation is 1. The Balaban J connectivity index is 1.61. The lowest BCUT2D eigenvalue weighted by molar-refractivity contribution is -0.121. The first-order chi connectivity index (χ1) is 12.0. The Bertz CT molecular complexity index is 788. The number of benzene rings is 2. The fourth-order valence-electron chi connectivity index (χ4n) is 3.12. The summed E-state index contributed by atoms with van der Waals surface area (Å²) in [5.41, 5.74) is 2.90. The van der Waals surface area contributed by atoms with Crippen molar-refractivity contribution in [3.63, 3.8) is 0 Å². The number of rotatable bonds is 5. The van der Waals surface area contributed by atoms with Crippen molar-refractivity contribution < 1.29 is 14.3 Å². The van der Waals surface area contributed by atoms with Crippen molar-refractivity contribution in [2.24, 2.45) is 0 Å². The molecule has 1 unspecified atom stereocenters. The molecular formula is C20H22N2O3. The zero-order valence-corrected chi connectivity index (χ0v) is 14.5. The fourth-order valence-corrected chi connectivity index (χ4v) is 3.12. The highest BCUT2D eigenvalue weighted by atomic mass is 16.5. The number of hydrogen-bond acceptors (Lipinski definition) is 3. The predicted molar refractivity (Wildman–Crippen MR) is 96.8 cm³/mol. The number of carbonyl (C=O) groups excluding carboxylic acids is 2.